The fourth-order valence-corrected chi connectivity index (χ4v) is 2.55. The van der Waals surface area contributed by atoms with E-state index in [1.807, 2.05) is 13.0 Å². The molecular formula is C17H15BrClN3O3S. The molecule has 0 atom stereocenters. The Labute approximate surface area is 169 Å². The van der Waals surface area contributed by atoms with Crippen molar-refractivity contribution in [3.8, 4) is 5.75 Å². The molecule has 2 aromatic rings. The van der Waals surface area contributed by atoms with Crippen molar-refractivity contribution in [1.29, 1.82) is 0 Å². The van der Waals surface area contributed by atoms with Gasteiger partial charge in [-0.3, -0.25) is 25.8 Å². The average molecular weight is 457 g/mol. The fourth-order valence-electron chi connectivity index (χ4n) is 1.82. The van der Waals surface area contributed by atoms with Gasteiger partial charge < -0.3 is 4.74 Å². The number of para-hydroxylation sites is 1. The Hall–Kier alpha value is -2.16. The predicted molar refractivity (Wildman–Crippen MR) is 107 cm³/mol. The first-order valence-electron chi connectivity index (χ1n) is 7.40. The lowest BCUT2D eigenvalue weighted by Crippen LogP contribution is -2.49. The molecule has 3 N–H and O–H groups in total. The number of thiocarbonyl (C=S) groups is 1. The fraction of sp³-hybridized carbons (Fsp3) is 0.118. The summed E-state index contributed by atoms with van der Waals surface area (Å²) in [5.74, 6) is -0.495. The van der Waals surface area contributed by atoms with Gasteiger partial charge in [0.25, 0.3) is 11.8 Å². The van der Waals surface area contributed by atoms with Crippen molar-refractivity contribution < 1.29 is 14.3 Å². The average Bonchev–Trinajstić information content (AvgIpc) is 2.61. The Balaban J connectivity index is 1.77. The summed E-state index contributed by atoms with van der Waals surface area (Å²) in [6, 6.07) is 12.0. The molecule has 2 aromatic carbocycles. The standard InChI is InChI=1S/C17H15BrClN3O3S/c1-10-6-7-11(8-12(10)18)16(24)21-22-17(26)20-15(23)9-25-14-5-3-2-4-13(14)19/h2-8H,9H2,1H3,(H,21,24)(H2,20,22,23,26). The summed E-state index contributed by atoms with van der Waals surface area (Å²) in [5, 5.41) is 2.73. The van der Waals surface area contributed by atoms with E-state index in [9.17, 15) is 9.59 Å². The number of amides is 2. The first-order valence-corrected chi connectivity index (χ1v) is 8.98. The summed E-state index contributed by atoms with van der Waals surface area (Å²) in [6.07, 6.45) is 0. The molecular weight excluding hydrogens is 442 g/mol. The third kappa shape index (κ3) is 5.98. The highest BCUT2D eigenvalue weighted by Gasteiger charge is 2.10. The second kappa shape index (κ2) is 9.51. The summed E-state index contributed by atoms with van der Waals surface area (Å²) < 4.78 is 6.11. The maximum Gasteiger partial charge on any atom is 0.269 e. The lowest BCUT2D eigenvalue weighted by molar-refractivity contribution is -0.121. The van der Waals surface area contributed by atoms with E-state index in [2.05, 4.69) is 32.1 Å². The normalized spacial score (nSPS) is 9.96. The van der Waals surface area contributed by atoms with Crippen LogP contribution in [0.15, 0.2) is 46.9 Å². The molecule has 0 aliphatic heterocycles. The molecule has 0 spiro atoms. The molecule has 26 heavy (non-hydrogen) atoms. The summed E-state index contributed by atoms with van der Waals surface area (Å²) in [6.45, 7) is 1.64. The minimum atomic E-state index is -0.491. The Morgan fingerprint density at radius 1 is 1.19 bits per heavy atom. The first kappa shape index (κ1) is 20.2. The van der Waals surface area contributed by atoms with E-state index >= 15 is 0 Å². The van der Waals surface area contributed by atoms with Gasteiger partial charge in [-0.05, 0) is 49.0 Å². The highest BCUT2D eigenvalue weighted by Crippen LogP contribution is 2.22. The maximum atomic E-state index is 12.0. The lowest BCUT2D eigenvalue weighted by atomic mass is 10.1. The van der Waals surface area contributed by atoms with Crippen molar-refractivity contribution in [2.24, 2.45) is 0 Å². The molecule has 0 aliphatic rings. The topological polar surface area (TPSA) is 79.5 Å². The number of benzene rings is 2. The summed E-state index contributed by atoms with van der Waals surface area (Å²) in [5.41, 5.74) is 6.31. The van der Waals surface area contributed by atoms with E-state index in [0.717, 1.165) is 10.0 Å². The van der Waals surface area contributed by atoms with Gasteiger partial charge in [-0.2, -0.15) is 0 Å². The van der Waals surface area contributed by atoms with Crippen LogP contribution in [0.3, 0.4) is 0 Å². The molecule has 0 fully saturated rings. The largest absolute Gasteiger partial charge is 0.482 e. The van der Waals surface area contributed by atoms with Crippen molar-refractivity contribution in [2.75, 3.05) is 6.61 Å². The van der Waals surface area contributed by atoms with Gasteiger partial charge in [-0.1, -0.05) is 45.7 Å². The molecule has 0 unspecified atom stereocenters. The molecule has 2 amide bonds. The smallest absolute Gasteiger partial charge is 0.269 e. The van der Waals surface area contributed by atoms with Crippen LogP contribution >= 0.6 is 39.7 Å². The Morgan fingerprint density at radius 3 is 2.62 bits per heavy atom. The summed E-state index contributed by atoms with van der Waals surface area (Å²) >= 11 is 14.2. The quantitative estimate of drug-likeness (QED) is 0.487. The number of hydrogen-bond donors (Lipinski definition) is 3. The molecule has 2 rings (SSSR count). The van der Waals surface area contributed by atoms with Crippen molar-refractivity contribution in [1.82, 2.24) is 16.2 Å². The number of carbonyl (C=O) groups is 2. The zero-order valence-electron chi connectivity index (χ0n) is 13.6. The Morgan fingerprint density at radius 2 is 1.92 bits per heavy atom. The predicted octanol–water partition coefficient (Wildman–Crippen LogP) is 3.13. The summed E-state index contributed by atoms with van der Waals surface area (Å²) in [4.78, 5) is 23.8. The van der Waals surface area contributed by atoms with E-state index in [4.69, 9.17) is 28.6 Å². The molecule has 136 valence electrons. The number of hydrazine groups is 1. The number of halogens is 2. The van der Waals surface area contributed by atoms with Gasteiger partial charge in [0.2, 0.25) is 0 Å². The monoisotopic (exact) mass is 455 g/mol. The van der Waals surface area contributed by atoms with E-state index in [0.29, 0.717) is 16.3 Å². The molecule has 6 nitrogen and oxygen atoms in total. The van der Waals surface area contributed by atoms with Gasteiger partial charge in [0.05, 0.1) is 5.02 Å². The van der Waals surface area contributed by atoms with Crippen molar-refractivity contribution in [3.63, 3.8) is 0 Å². The maximum absolute atomic E-state index is 12.0. The van der Waals surface area contributed by atoms with Gasteiger partial charge in [0.1, 0.15) is 5.75 Å². The second-order valence-corrected chi connectivity index (χ2v) is 6.81. The zero-order chi connectivity index (χ0) is 19.1. The molecule has 0 bridgehead atoms. The van der Waals surface area contributed by atoms with Crippen LogP contribution in [0.5, 0.6) is 5.75 Å². The van der Waals surface area contributed by atoms with Gasteiger partial charge in [-0.15, -0.1) is 0 Å². The number of carbonyl (C=O) groups excluding carboxylic acids is 2. The summed E-state index contributed by atoms with van der Waals surface area (Å²) in [7, 11) is 0. The highest BCUT2D eigenvalue weighted by atomic mass is 79.9. The number of aryl methyl sites for hydroxylation is 1. The van der Waals surface area contributed by atoms with Crippen LogP contribution < -0.4 is 20.9 Å². The second-order valence-electron chi connectivity index (χ2n) is 5.14. The number of nitrogens with one attached hydrogen (secondary N) is 3. The van der Waals surface area contributed by atoms with E-state index in [1.54, 1.807) is 36.4 Å². The van der Waals surface area contributed by atoms with Gasteiger partial charge in [0, 0.05) is 10.0 Å². The van der Waals surface area contributed by atoms with Crippen LogP contribution in [0.25, 0.3) is 0 Å². The molecule has 0 saturated carbocycles. The Bertz CT molecular complexity index is 848. The third-order valence-electron chi connectivity index (χ3n) is 3.17. The lowest BCUT2D eigenvalue weighted by Gasteiger charge is -2.12. The molecule has 9 heteroatoms. The molecule has 0 heterocycles. The molecule has 0 saturated heterocycles. The minimum absolute atomic E-state index is 0.0581. The minimum Gasteiger partial charge on any atom is -0.482 e. The van der Waals surface area contributed by atoms with Crippen LogP contribution in [0.4, 0.5) is 0 Å². The van der Waals surface area contributed by atoms with Gasteiger partial charge in [-0.25, -0.2) is 0 Å². The Kier molecular flexibility index (Phi) is 7.38. The van der Waals surface area contributed by atoms with Crippen LogP contribution in [0, 0.1) is 6.92 Å². The van der Waals surface area contributed by atoms with Gasteiger partial charge >= 0.3 is 0 Å². The van der Waals surface area contributed by atoms with Crippen molar-refractivity contribution in [3.05, 3.63) is 63.1 Å². The van der Waals surface area contributed by atoms with E-state index in [1.165, 1.54) is 0 Å². The van der Waals surface area contributed by atoms with E-state index in [-0.39, 0.29) is 11.7 Å². The van der Waals surface area contributed by atoms with Crippen molar-refractivity contribution >= 4 is 56.7 Å². The van der Waals surface area contributed by atoms with E-state index < -0.39 is 11.8 Å². The molecule has 0 aromatic heterocycles. The van der Waals surface area contributed by atoms with Crippen LogP contribution in [-0.2, 0) is 4.79 Å². The first-order chi connectivity index (χ1) is 12.4. The number of hydrogen-bond acceptors (Lipinski definition) is 4. The van der Waals surface area contributed by atoms with Crippen molar-refractivity contribution in [2.45, 2.75) is 6.92 Å². The zero-order valence-corrected chi connectivity index (χ0v) is 16.8. The number of rotatable bonds is 4. The van der Waals surface area contributed by atoms with Crippen LogP contribution in [0.2, 0.25) is 5.02 Å². The van der Waals surface area contributed by atoms with Crippen LogP contribution in [0.1, 0.15) is 15.9 Å². The SMILES string of the molecule is Cc1ccc(C(=O)NNC(=S)NC(=O)COc2ccccc2Cl)cc1Br. The third-order valence-corrected chi connectivity index (χ3v) is 4.54. The molecule has 0 radical (unpaired) electrons. The van der Waals surface area contributed by atoms with Crippen LogP contribution in [-0.4, -0.2) is 23.5 Å². The highest BCUT2D eigenvalue weighted by molar-refractivity contribution is 9.10. The van der Waals surface area contributed by atoms with Gasteiger partial charge in [0.15, 0.2) is 11.7 Å². The molecule has 0 aliphatic carbocycles. The number of ether oxygens (including phenoxy) is 1.